The van der Waals surface area contributed by atoms with Gasteiger partial charge in [0.15, 0.2) is 0 Å². The van der Waals surface area contributed by atoms with Crippen molar-refractivity contribution in [1.29, 1.82) is 0 Å². The molecule has 152 valence electrons. The lowest BCUT2D eigenvalue weighted by Gasteiger charge is -2.23. The number of thiophene rings is 1. The number of nitro groups is 1. The van der Waals surface area contributed by atoms with Gasteiger partial charge in [-0.15, -0.1) is 11.3 Å². The van der Waals surface area contributed by atoms with E-state index in [1.807, 2.05) is 24.3 Å². The first-order valence-corrected chi connectivity index (χ1v) is 11.9. The standard InChI is InChI=1S/C21H15BrN2O4S2/c22-20-18-11-4-5-12-19(18)29-21(20)23(30(27,28)17-9-2-1-3-10-17)14-15-7-6-8-16(13-15)24(25)26/h1-13H,14H2. The third-order valence-electron chi connectivity index (χ3n) is 4.52. The summed E-state index contributed by atoms with van der Waals surface area (Å²) in [5, 5.41) is 12.6. The van der Waals surface area contributed by atoms with Crippen LogP contribution in [0, 0.1) is 10.1 Å². The zero-order valence-electron chi connectivity index (χ0n) is 15.4. The van der Waals surface area contributed by atoms with Crippen LogP contribution in [0.15, 0.2) is 88.2 Å². The lowest BCUT2D eigenvalue weighted by atomic mass is 10.2. The maximum atomic E-state index is 13.6. The van der Waals surface area contributed by atoms with Gasteiger partial charge in [0, 0.05) is 22.2 Å². The SMILES string of the molecule is O=[N+]([O-])c1cccc(CN(c2sc3ccccc3c2Br)S(=O)(=O)c2ccccc2)c1. The van der Waals surface area contributed by atoms with Crippen LogP contribution < -0.4 is 4.31 Å². The second-order valence-corrected chi connectivity index (χ2v) is 10.2. The Morgan fingerprint density at radius 2 is 1.67 bits per heavy atom. The van der Waals surface area contributed by atoms with E-state index < -0.39 is 14.9 Å². The Morgan fingerprint density at radius 1 is 0.967 bits per heavy atom. The van der Waals surface area contributed by atoms with E-state index in [1.165, 1.54) is 39.9 Å². The molecule has 0 radical (unpaired) electrons. The van der Waals surface area contributed by atoms with Crippen molar-refractivity contribution in [2.24, 2.45) is 0 Å². The summed E-state index contributed by atoms with van der Waals surface area (Å²) in [6.07, 6.45) is 0. The molecule has 0 spiro atoms. The van der Waals surface area contributed by atoms with E-state index in [4.69, 9.17) is 0 Å². The Kier molecular flexibility index (Phi) is 5.59. The molecule has 0 aliphatic heterocycles. The molecule has 1 aromatic heterocycles. The van der Waals surface area contributed by atoms with Crippen molar-refractivity contribution in [1.82, 2.24) is 0 Å². The minimum absolute atomic E-state index is 0.0374. The van der Waals surface area contributed by atoms with Gasteiger partial charge in [-0.25, -0.2) is 8.42 Å². The molecule has 3 aromatic carbocycles. The Bertz CT molecular complexity index is 1340. The maximum Gasteiger partial charge on any atom is 0.269 e. The van der Waals surface area contributed by atoms with Crippen LogP contribution in [0.1, 0.15) is 5.56 Å². The molecule has 0 aliphatic carbocycles. The fourth-order valence-corrected chi connectivity index (χ4v) is 6.92. The van der Waals surface area contributed by atoms with Crippen molar-refractivity contribution in [2.75, 3.05) is 4.31 Å². The number of nitro benzene ring substituents is 1. The topological polar surface area (TPSA) is 80.5 Å². The molecule has 4 rings (SSSR count). The van der Waals surface area contributed by atoms with Gasteiger partial charge >= 0.3 is 0 Å². The van der Waals surface area contributed by atoms with Gasteiger partial charge in [-0.05, 0) is 39.7 Å². The van der Waals surface area contributed by atoms with Crippen molar-refractivity contribution in [2.45, 2.75) is 11.4 Å². The highest BCUT2D eigenvalue weighted by molar-refractivity contribution is 9.10. The molecule has 0 saturated heterocycles. The molecule has 1 heterocycles. The van der Waals surface area contributed by atoms with Crippen LogP contribution in [0.5, 0.6) is 0 Å². The van der Waals surface area contributed by atoms with Gasteiger partial charge in [0.25, 0.3) is 15.7 Å². The smallest absolute Gasteiger partial charge is 0.258 e. The monoisotopic (exact) mass is 502 g/mol. The number of rotatable bonds is 6. The first-order chi connectivity index (χ1) is 14.4. The summed E-state index contributed by atoms with van der Waals surface area (Å²) < 4.78 is 30.0. The Balaban J connectivity index is 1.88. The van der Waals surface area contributed by atoms with Crippen LogP contribution in [0.2, 0.25) is 0 Å². The highest BCUT2D eigenvalue weighted by Crippen LogP contribution is 2.44. The van der Waals surface area contributed by atoms with Gasteiger partial charge in [-0.2, -0.15) is 0 Å². The van der Waals surface area contributed by atoms with Crippen molar-refractivity contribution in [3.8, 4) is 0 Å². The molecule has 4 aromatic rings. The number of hydrogen-bond acceptors (Lipinski definition) is 5. The van der Waals surface area contributed by atoms with Gasteiger partial charge < -0.3 is 0 Å². The van der Waals surface area contributed by atoms with Crippen LogP contribution in [-0.4, -0.2) is 13.3 Å². The second kappa shape index (κ2) is 8.17. The predicted octanol–water partition coefficient (Wildman–Crippen LogP) is 5.97. The van der Waals surface area contributed by atoms with Gasteiger partial charge in [-0.1, -0.05) is 48.5 Å². The zero-order chi connectivity index (χ0) is 21.3. The van der Waals surface area contributed by atoms with Crippen molar-refractivity contribution < 1.29 is 13.3 Å². The summed E-state index contributed by atoms with van der Waals surface area (Å²) in [6, 6.07) is 21.8. The normalized spacial score (nSPS) is 11.5. The number of anilines is 1. The largest absolute Gasteiger partial charge is 0.269 e. The molecule has 9 heteroatoms. The highest BCUT2D eigenvalue weighted by atomic mass is 79.9. The molecule has 0 atom stereocenters. The van der Waals surface area contributed by atoms with Crippen LogP contribution in [0.4, 0.5) is 10.7 Å². The van der Waals surface area contributed by atoms with Crippen LogP contribution in [-0.2, 0) is 16.6 Å². The Hall–Kier alpha value is -2.75. The molecule has 0 saturated carbocycles. The average Bonchev–Trinajstić information content (AvgIpc) is 3.09. The third kappa shape index (κ3) is 3.83. The van der Waals surface area contributed by atoms with E-state index in [-0.39, 0.29) is 17.1 Å². The highest BCUT2D eigenvalue weighted by Gasteiger charge is 2.29. The number of halogens is 1. The molecule has 0 unspecified atom stereocenters. The first kappa shape index (κ1) is 20.5. The molecule has 0 N–H and O–H groups in total. The summed E-state index contributed by atoms with van der Waals surface area (Å²) in [6.45, 7) is -0.0374. The van der Waals surface area contributed by atoms with Crippen molar-refractivity contribution >= 4 is 58.1 Å². The Labute approximate surface area is 185 Å². The molecule has 0 fully saturated rings. The number of sulfonamides is 1. The third-order valence-corrected chi connectivity index (χ3v) is 8.66. The van der Waals surface area contributed by atoms with E-state index >= 15 is 0 Å². The van der Waals surface area contributed by atoms with E-state index in [0.717, 1.165) is 10.1 Å². The van der Waals surface area contributed by atoms with E-state index in [2.05, 4.69) is 15.9 Å². The zero-order valence-corrected chi connectivity index (χ0v) is 18.7. The minimum atomic E-state index is -3.91. The fraction of sp³-hybridized carbons (Fsp3) is 0.0476. The average molecular weight is 503 g/mol. The summed E-state index contributed by atoms with van der Waals surface area (Å²) >= 11 is 4.91. The summed E-state index contributed by atoms with van der Waals surface area (Å²) in [7, 11) is -3.91. The number of benzene rings is 3. The molecule has 30 heavy (non-hydrogen) atoms. The van der Waals surface area contributed by atoms with Crippen LogP contribution in [0.3, 0.4) is 0 Å². The molecule has 0 amide bonds. The quantitative estimate of drug-likeness (QED) is 0.240. The number of hydrogen-bond donors (Lipinski definition) is 0. The number of nitrogens with zero attached hydrogens (tertiary/aromatic N) is 2. The van der Waals surface area contributed by atoms with E-state index in [0.29, 0.717) is 15.0 Å². The molecule has 0 aliphatic rings. The number of non-ortho nitro benzene ring substituents is 1. The summed E-state index contributed by atoms with van der Waals surface area (Å²) in [5.74, 6) is 0. The predicted molar refractivity (Wildman–Crippen MR) is 122 cm³/mol. The molecular weight excluding hydrogens is 488 g/mol. The summed E-state index contributed by atoms with van der Waals surface area (Å²) in [5.41, 5.74) is 0.438. The van der Waals surface area contributed by atoms with Gasteiger partial charge in [-0.3, -0.25) is 14.4 Å². The summed E-state index contributed by atoms with van der Waals surface area (Å²) in [4.78, 5) is 10.8. The molecule has 6 nitrogen and oxygen atoms in total. The lowest BCUT2D eigenvalue weighted by Crippen LogP contribution is -2.30. The fourth-order valence-electron chi connectivity index (χ4n) is 3.08. The van der Waals surface area contributed by atoms with Crippen LogP contribution >= 0.6 is 27.3 Å². The Morgan fingerprint density at radius 3 is 2.37 bits per heavy atom. The van der Waals surface area contributed by atoms with E-state index in [1.54, 1.807) is 30.3 Å². The van der Waals surface area contributed by atoms with E-state index in [9.17, 15) is 18.5 Å². The number of fused-ring (bicyclic) bond motifs is 1. The first-order valence-electron chi connectivity index (χ1n) is 8.86. The van der Waals surface area contributed by atoms with Crippen molar-refractivity contribution in [3.05, 3.63) is 99.0 Å². The van der Waals surface area contributed by atoms with Gasteiger partial charge in [0.2, 0.25) is 0 Å². The van der Waals surface area contributed by atoms with Crippen molar-refractivity contribution in [3.63, 3.8) is 0 Å². The minimum Gasteiger partial charge on any atom is -0.258 e. The lowest BCUT2D eigenvalue weighted by molar-refractivity contribution is -0.384. The molecular formula is C21H15BrN2O4S2. The van der Waals surface area contributed by atoms with Gasteiger partial charge in [0.05, 0.1) is 20.8 Å². The van der Waals surface area contributed by atoms with Gasteiger partial charge in [0.1, 0.15) is 5.00 Å². The van der Waals surface area contributed by atoms with Crippen LogP contribution in [0.25, 0.3) is 10.1 Å². The maximum absolute atomic E-state index is 13.6. The molecule has 0 bridgehead atoms. The second-order valence-electron chi connectivity index (χ2n) is 6.47.